The van der Waals surface area contributed by atoms with Crippen molar-refractivity contribution in [3.8, 4) is 0 Å². The summed E-state index contributed by atoms with van der Waals surface area (Å²) in [5, 5.41) is 5.08. The molecule has 1 atom stereocenters. The van der Waals surface area contributed by atoms with Crippen LogP contribution in [0.25, 0.3) is 5.78 Å². The van der Waals surface area contributed by atoms with E-state index in [0.717, 1.165) is 22.5 Å². The van der Waals surface area contributed by atoms with Crippen LogP contribution in [0.5, 0.6) is 0 Å². The SMILES string of the molecule is Cc1cc(C)n2nc(SCc3ccccc3C(=O)OC(C)C(=O)N(C)Cc3ccccc3)nc2n1. The van der Waals surface area contributed by atoms with Gasteiger partial charge in [-0.1, -0.05) is 60.3 Å². The van der Waals surface area contributed by atoms with E-state index in [1.807, 2.05) is 62.4 Å². The fourth-order valence-corrected chi connectivity index (χ4v) is 4.54. The minimum atomic E-state index is -0.908. The molecule has 0 spiro atoms. The van der Waals surface area contributed by atoms with E-state index in [9.17, 15) is 9.59 Å². The van der Waals surface area contributed by atoms with Gasteiger partial charge in [0.2, 0.25) is 5.16 Å². The fraction of sp³-hybridized carbons (Fsp3) is 0.269. The number of carbonyl (C=O) groups is 2. The average Bonchev–Trinajstić information content (AvgIpc) is 3.26. The number of aromatic nitrogens is 4. The Balaban J connectivity index is 1.41. The predicted octanol–water partition coefficient (Wildman–Crippen LogP) is 4.24. The highest BCUT2D eigenvalue weighted by atomic mass is 32.2. The smallest absolute Gasteiger partial charge is 0.339 e. The maximum Gasteiger partial charge on any atom is 0.339 e. The number of hydrogen-bond acceptors (Lipinski definition) is 7. The second kappa shape index (κ2) is 10.7. The quantitative estimate of drug-likeness (QED) is 0.270. The van der Waals surface area contributed by atoms with Crippen LogP contribution in [0, 0.1) is 13.8 Å². The Bertz CT molecular complexity index is 1360. The number of aryl methyl sites for hydroxylation is 2. The summed E-state index contributed by atoms with van der Waals surface area (Å²) in [5.74, 6) is 0.216. The van der Waals surface area contributed by atoms with Crippen LogP contribution >= 0.6 is 11.8 Å². The van der Waals surface area contributed by atoms with Crippen LogP contribution in [0.2, 0.25) is 0 Å². The summed E-state index contributed by atoms with van der Waals surface area (Å²) in [4.78, 5) is 36.2. The first kappa shape index (κ1) is 24.4. The van der Waals surface area contributed by atoms with Crippen LogP contribution in [-0.4, -0.2) is 49.5 Å². The third kappa shape index (κ3) is 5.86. The molecule has 35 heavy (non-hydrogen) atoms. The molecule has 2 aromatic heterocycles. The molecule has 0 aliphatic rings. The van der Waals surface area contributed by atoms with E-state index in [1.165, 1.54) is 11.8 Å². The van der Waals surface area contributed by atoms with Gasteiger partial charge in [0.25, 0.3) is 11.7 Å². The summed E-state index contributed by atoms with van der Waals surface area (Å²) in [6.07, 6.45) is -0.908. The third-order valence-electron chi connectivity index (χ3n) is 5.46. The Morgan fingerprint density at radius 2 is 1.77 bits per heavy atom. The van der Waals surface area contributed by atoms with Gasteiger partial charge in [-0.2, -0.15) is 4.98 Å². The van der Waals surface area contributed by atoms with Crippen molar-refractivity contribution in [1.82, 2.24) is 24.5 Å². The Morgan fingerprint density at radius 3 is 2.54 bits per heavy atom. The van der Waals surface area contributed by atoms with Crippen LogP contribution in [0.4, 0.5) is 0 Å². The predicted molar refractivity (Wildman–Crippen MR) is 134 cm³/mol. The number of benzene rings is 2. The van der Waals surface area contributed by atoms with Gasteiger partial charge in [-0.25, -0.2) is 14.3 Å². The van der Waals surface area contributed by atoms with Gasteiger partial charge in [0.1, 0.15) is 0 Å². The van der Waals surface area contributed by atoms with Gasteiger partial charge in [-0.05, 0) is 44.0 Å². The average molecular weight is 490 g/mol. The van der Waals surface area contributed by atoms with Gasteiger partial charge in [0.05, 0.1) is 5.56 Å². The number of likely N-dealkylation sites (N-methyl/N-ethyl adjacent to an activating group) is 1. The van der Waals surface area contributed by atoms with Gasteiger partial charge >= 0.3 is 5.97 Å². The molecule has 8 nitrogen and oxygen atoms in total. The van der Waals surface area contributed by atoms with E-state index >= 15 is 0 Å². The van der Waals surface area contributed by atoms with Gasteiger partial charge in [-0.3, -0.25) is 4.79 Å². The molecule has 2 heterocycles. The molecule has 1 amide bonds. The molecule has 1 unspecified atom stereocenters. The highest BCUT2D eigenvalue weighted by Crippen LogP contribution is 2.23. The van der Waals surface area contributed by atoms with Crippen molar-refractivity contribution in [1.29, 1.82) is 0 Å². The van der Waals surface area contributed by atoms with Crippen molar-refractivity contribution in [3.63, 3.8) is 0 Å². The van der Waals surface area contributed by atoms with Crippen LogP contribution in [0.1, 0.15) is 39.8 Å². The third-order valence-corrected chi connectivity index (χ3v) is 6.35. The molecule has 4 rings (SSSR count). The van der Waals surface area contributed by atoms with Crippen LogP contribution in [0.3, 0.4) is 0 Å². The summed E-state index contributed by atoms with van der Waals surface area (Å²) < 4.78 is 7.25. The first-order chi connectivity index (χ1) is 16.8. The first-order valence-electron chi connectivity index (χ1n) is 11.2. The number of esters is 1. The summed E-state index contributed by atoms with van der Waals surface area (Å²) in [7, 11) is 1.70. The van der Waals surface area contributed by atoms with E-state index in [4.69, 9.17) is 4.74 Å². The lowest BCUT2D eigenvalue weighted by Crippen LogP contribution is -2.37. The zero-order valence-electron chi connectivity index (χ0n) is 20.1. The van der Waals surface area contributed by atoms with Crippen molar-refractivity contribution < 1.29 is 14.3 Å². The van der Waals surface area contributed by atoms with Gasteiger partial charge in [0, 0.05) is 30.7 Å². The maximum atomic E-state index is 12.9. The van der Waals surface area contributed by atoms with Crippen molar-refractivity contribution in [2.45, 2.75) is 44.3 Å². The number of carbonyl (C=O) groups excluding carboxylic acids is 2. The van der Waals surface area contributed by atoms with Crippen LogP contribution in [-0.2, 0) is 21.8 Å². The maximum absolute atomic E-state index is 12.9. The topological polar surface area (TPSA) is 89.7 Å². The monoisotopic (exact) mass is 489 g/mol. The lowest BCUT2D eigenvalue weighted by atomic mass is 10.1. The highest BCUT2D eigenvalue weighted by molar-refractivity contribution is 7.98. The lowest BCUT2D eigenvalue weighted by Gasteiger charge is -2.22. The minimum Gasteiger partial charge on any atom is -0.449 e. The Kier molecular flexibility index (Phi) is 7.45. The van der Waals surface area contributed by atoms with Crippen LogP contribution < -0.4 is 0 Å². The second-order valence-corrected chi connectivity index (χ2v) is 9.26. The number of nitrogens with zero attached hydrogens (tertiary/aromatic N) is 5. The van der Waals surface area contributed by atoms with Crippen molar-refractivity contribution in [2.24, 2.45) is 0 Å². The molecule has 2 aromatic carbocycles. The molecule has 180 valence electrons. The Labute approximate surface area is 208 Å². The zero-order valence-corrected chi connectivity index (χ0v) is 21.0. The number of fused-ring (bicyclic) bond motifs is 1. The standard InChI is InChI=1S/C26H27N5O3S/c1-17-14-18(2)31-25(27-17)28-26(29-31)35-16-21-12-8-9-13-22(21)24(33)34-19(3)23(32)30(4)15-20-10-6-5-7-11-20/h5-14,19H,15-16H2,1-4H3. The van der Waals surface area contributed by atoms with Crippen LogP contribution in [0.15, 0.2) is 65.8 Å². The largest absolute Gasteiger partial charge is 0.449 e. The summed E-state index contributed by atoms with van der Waals surface area (Å²) >= 11 is 1.41. The fourth-order valence-electron chi connectivity index (χ4n) is 3.72. The lowest BCUT2D eigenvalue weighted by molar-refractivity contribution is -0.139. The molecule has 0 radical (unpaired) electrons. The molecular weight excluding hydrogens is 462 g/mol. The molecule has 9 heteroatoms. The molecule has 4 aromatic rings. The van der Waals surface area contributed by atoms with E-state index < -0.39 is 12.1 Å². The Hall–Kier alpha value is -3.72. The molecular formula is C26H27N5O3S. The number of rotatable bonds is 8. The highest BCUT2D eigenvalue weighted by Gasteiger charge is 2.23. The van der Waals surface area contributed by atoms with E-state index in [1.54, 1.807) is 35.5 Å². The molecule has 0 aliphatic heterocycles. The number of ether oxygens (including phenoxy) is 1. The molecule has 0 aliphatic carbocycles. The summed E-state index contributed by atoms with van der Waals surface area (Å²) in [6.45, 7) is 5.91. The minimum absolute atomic E-state index is 0.263. The zero-order chi connectivity index (χ0) is 24.9. The normalized spacial score (nSPS) is 11.9. The first-order valence-corrected chi connectivity index (χ1v) is 12.2. The molecule has 0 N–H and O–H groups in total. The van der Waals surface area contributed by atoms with Crippen molar-refractivity contribution in [3.05, 3.63) is 88.7 Å². The number of thioether (sulfide) groups is 1. The van der Waals surface area contributed by atoms with E-state index in [2.05, 4.69) is 15.1 Å². The van der Waals surface area contributed by atoms with Crippen molar-refractivity contribution in [2.75, 3.05) is 7.05 Å². The van der Waals surface area contributed by atoms with Gasteiger partial charge in [-0.15, -0.1) is 5.10 Å². The number of amides is 1. The van der Waals surface area contributed by atoms with Gasteiger partial charge < -0.3 is 9.64 Å². The summed E-state index contributed by atoms with van der Waals surface area (Å²) in [6, 6.07) is 18.8. The number of hydrogen-bond donors (Lipinski definition) is 0. The Morgan fingerprint density at radius 1 is 1.06 bits per heavy atom. The molecule has 0 bridgehead atoms. The van der Waals surface area contributed by atoms with Crippen molar-refractivity contribution >= 4 is 29.4 Å². The molecule has 0 saturated carbocycles. The molecule has 0 fully saturated rings. The van der Waals surface area contributed by atoms with Gasteiger partial charge in [0.15, 0.2) is 6.10 Å². The van der Waals surface area contributed by atoms with E-state index in [0.29, 0.717) is 28.8 Å². The van der Waals surface area contributed by atoms with E-state index in [-0.39, 0.29) is 5.91 Å². The second-order valence-electron chi connectivity index (χ2n) is 8.32. The summed E-state index contributed by atoms with van der Waals surface area (Å²) in [5.41, 5.74) is 4.03. The molecule has 0 saturated heterocycles.